The van der Waals surface area contributed by atoms with Gasteiger partial charge < -0.3 is 26.6 Å². The molecular formula is C19H27N5O2S. The summed E-state index contributed by atoms with van der Waals surface area (Å²) in [7, 11) is 1.72. The Morgan fingerprint density at radius 3 is 2.81 bits per heavy atom. The minimum Gasteiger partial charge on any atom is -0.389 e. The van der Waals surface area contributed by atoms with Crippen LogP contribution in [0.5, 0.6) is 0 Å². The predicted octanol–water partition coefficient (Wildman–Crippen LogP) is 1.56. The number of aliphatic hydroxyl groups is 2. The SMILES string of the molecule is C=C/C(C)=C\C=C/SCC1NC(C(=C)c2ncnc(N)c2NC)C(O)C1O. The summed E-state index contributed by atoms with van der Waals surface area (Å²) in [6.45, 7) is 9.72. The van der Waals surface area contributed by atoms with Crippen molar-refractivity contribution < 1.29 is 10.2 Å². The molecule has 8 heteroatoms. The summed E-state index contributed by atoms with van der Waals surface area (Å²) in [4.78, 5) is 8.19. The number of hydrogen-bond donors (Lipinski definition) is 5. The van der Waals surface area contributed by atoms with E-state index in [2.05, 4.69) is 33.8 Å². The number of anilines is 2. The second-order valence-electron chi connectivity index (χ2n) is 6.27. The summed E-state index contributed by atoms with van der Waals surface area (Å²) < 4.78 is 0. The maximum atomic E-state index is 10.5. The fourth-order valence-corrected chi connectivity index (χ4v) is 3.63. The fourth-order valence-electron chi connectivity index (χ4n) is 2.83. The van der Waals surface area contributed by atoms with E-state index < -0.39 is 18.2 Å². The molecule has 1 aliphatic rings. The average Bonchev–Trinajstić information content (AvgIpc) is 2.95. The summed E-state index contributed by atoms with van der Waals surface area (Å²) in [6.07, 6.45) is 5.12. The molecule has 1 fully saturated rings. The molecule has 1 aromatic rings. The van der Waals surface area contributed by atoms with E-state index in [-0.39, 0.29) is 6.04 Å². The van der Waals surface area contributed by atoms with Crippen molar-refractivity contribution in [1.29, 1.82) is 0 Å². The summed E-state index contributed by atoms with van der Waals surface area (Å²) in [5, 5.41) is 29.0. The van der Waals surface area contributed by atoms with E-state index in [0.717, 1.165) is 5.57 Å². The van der Waals surface area contributed by atoms with Crippen molar-refractivity contribution in [3.63, 3.8) is 0 Å². The van der Waals surface area contributed by atoms with Gasteiger partial charge >= 0.3 is 0 Å². The molecule has 2 rings (SSSR count). The van der Waals surface area contributed by atoms with Gasteiger partial charge in [-0.05, 0) is 17.9 Å². The normalized spacial score (nSPS) is 25.7. The van der Waals surface area contributed by atoms with Gasteiger partial charge in [0, 0.05) is 18.8 Å². The van der Waals surface area contributed by atoms with Crippen molar-refractivity contribution in [2.24, 2.45) is 0 Å². The number of nitrogens with zero attached hydrogens (tertiary/aromatic N) is 2. The summed E-state index contributed by atoms with van der Waals surface area (Å²) in [6, 6.07) is -0.808. The zero-order valence-electron chi connectivity index (χ0n) is 15.6. The Balaban J connectivity index is 2.05. The van der Waals surface area contributed by atoms with Gasteiger partial charge in [-0.15, -0.1) is 11.8 Å². The molecule has 1 aromatic heterocycles. The molecule has 2 heterocycles. The molecule has 1 aliphatic heterocycles. The van der Waals surface area contributed by atoms with Gasteiger partial charge in [-0.25, -0.2) is 9.97 Å². The van der Waals surface area contributed by atoms with Crippen LogP contribution >= 0.6 is 11.8 Å². The Hall–Kier alpha value is -2.13. The molecule has 4 atom stereocenters. The van der Waals surface area contributed by atoms with E-state index in [0.29, 0.717) is 28.5 Å². The van der Waals surface area contributed by atoms with Gasteiger partial charge in [-0.3, -0.25) is 0 Å². The van der Waals surface area contributed by atoms with Crippen LogP contribution in [0.4, 0.5) is 11.5 Å². The average molecular weight is 390 g/mol. The van der Waals surface area contributed by atoms with Gasteiger partial charge in [0.05, 0.1) is 17.8 Å². The van der Waals surface area contributed by atoms with Gasteiger partial charge in [0.1, 0.15) is 18.1 Å². The topological polar surface area (TPSA) is 116 Å². The molecule has 7 nitrogen and oxygen atoms in total. The maximum Gasteiger partial charge on any atom is 0.150 e. The first-order valence-corrected chi connectivity index (χ1v) is 9.62. The van der Waals surface area contributed by atoms with Gasteiger partial charge in [0.25, 0.3) is 0 Å². The van der Waals surface area contributed by atoms with Crippen LogP contribution in [0.25, 0.3) is 5.57 Å². The number of thioether (sulfide) groups is 1. The highest BCUT2D eigenvalue weighted by Gasteiger charge is 2.42. The van der Waals surface area contributed by atoms with Crippen molar-refractivity contribution in [2.75, 3.05) is 23.9 Å². The lowest BCUT2D eigenvalue weighted by Gasteiger charge is -2.20. The number of nitrogens with one attached hydrogen (secondary N) is 2. The first-order chi connectivity index (χ1) is 12.9. The van der Waals surface area contributed by atoms with Gasteiger partial charge in [-0.1, -0.05) is 37.0 Å². The van der Waals surface area contributed by atoms with Gasteiger partial charge in [0.2, 0.25) is 0 Å². The van der Waals surface area contributed by atoms with Crippen LogP contribution in [0.2, 0.25) is 0 Å². The molecule has 0 aromatic carbocycles. The highest BCUT2D eigenvalue weighted by atomic mass is 32.2. The fraction of sp³-hybridized carbons (Fsp3) is 0.368. The van der Waals surface area contributed by atoms with Crippen molar-refractivity contribution in [2.45, 2.75) is 31.2 Å². The van der Waals surface area contributed by atoms with E-state index in [1.807, 2.05) is 24.5 Å². The minimum atomic E-state index is -0.990. The van der Waals surface area contributed by atoms with E-state index >= 15 is 0 Å². The lowest BCUT2D eigenvalue weighted by molar-refractivity contribution is 0.0376. The lowest BCUT2D eigenvalue weighted by atomic mass is 9.99. The molecule has 0 spiro atoms. The highest BCUT2D eigenvalue weighted by molar-refractivity contribution is 8.02. The zero-order valence-corrected chi connectivity index (χ0v) is 16.4. The summed E-state index contributed by atoms with van der Waals surface area (Å²) >= 11 is 1.55. The number of hydrogen-bond acceptors (Lipinski definition) is 8. The van der Waals surface area contributed by atoms with Crippen molar-refractivity contribution in [3.05, 3.63) is 54.4 Å². The molecule has 0 saturated carbocycles. The summed E-state index contributed by atoms with van der Waals surface area (Å²) in [5.41, 5.74) is 8.57. The largest absolute Gasteiger partial charge is 0.389 e. The first kappa shape index (κ1) is 21.2. The lowest BCUT2D eigenvalue weighted by Crippen LogP contribution is -2.35. The van der Waals surface area contributed by atoms with Crippen LogP contribution in [0.1, 0.15) is 12.6 Å². The third-order valence-corrected chi connectivity index (χ3v) is 5.34. The van der Waals surface area contributed by atoms with Crippen LogP contribution in [0, 0.1) is 0 Å². The molecule has 27 heavy (non-hydrogen) atoms. The van der Waals surface area contributed by atoms with Crippen molar-refractivity contribution in [1.82, 2.24) is 15.3 Å². The van der Waals surface area contributed by atoms with Crippen LogP contribution in [0.15, 0.2) is 48.7 Å². The number of aliphatic hydroxyl groups excluding tert-OH is 2. The van der Waals surface area contributed by atoms with Crippen molar-refractivity contribution >= 4 is 28.8 Å². The Morgan fingerprint density at radius 1 is 1.41 bits per heavy atom. The number of aromatic nitrogens is 2. The highest BCUT2D eigenvalue weighted by Crippen LogP contribution is 2.31. The Morgan fingerprint density at radius 2 is 2.15 bits per heavy atom. The van der Waals surface area contributed by atoms with Crippen LogP contribution < -0.4 is 16.4 Å². The molecule has 1 saturated heterocycles. The molecule has 0 amide bonds. The standard InChI is InChI=1S/C19H27N5O2S/c1-5-11(2)7-6-8-27-9-13-17(25)18(26)15(24-13)12(3)14-16(21-4)19(20)23-10-22-14/h5-8,10,13,15,17-18,21,24-26H,1,3,9H2,2,4H3,(H2,20,22,23)/b8-6-,11-7-. The van der Waals surface area contributed by atoms with Crippen LogP contribution in [0.3, 0.4) is 0 Å². The van der Waals surface area contributed by atoms with Crippen LogP contribution in [-0.4, -0.2) is 57.3 Å². The third-order valence-electron chi connectivity index (χ3n) is 4.44. The van der Waals surface area contributed by atoms with E-state index in [1.54, 1.807) is 24.9 Å². The third kappa shape index (κ3) is 4.98. The predicted molar refractivity (Wildman–Crippen MR) is 113 cm³/mol. The number of allylic oxidation sites excluding steroid dienone is 4. The van der Waals surface area contributed by atoms with Gasteiger partial charge in [0.15, 0.2) is 5.82 Å². The first-order valence-electron chi connectivity index (χ1n) is 8.57. The molecule has 4 unspecified atom stereocenters. The number of rotatable bonds is 8. The molecule has 0 radical (unpaired) electrons. The molecule has 146 valence electrons. The van der Waals surface area contributed by atoms with E-state index in [4.69, 9.17) is 5.73 Å². The number of nitrogen functional groups attached to an aromatic ring is 1. The molecule has 6 N–H and O–H groups in total. The molecular weight excluding hydrogens is 362 g/mol. The summed E-state index contributed by atoms with van der Waals surface area (Å²) in [5.74, 6) is 0.904. The molecule has 0 aliphatic carbocycles. The quantitative estimate of drug-likeness (QED) is 0.425. The van der Waals surface area contributed by atoms with Gasteiger partial charge in [-0.2, -0.15) is 0 Å². The van der Waals surface area contributed by atoms with Crippen LogP contribution in [-0.2, 0) is 0 Å². The smallest absolute Gasteiger partial charge is 0.150 e. The monoisotopic (exact) mass is 389 g/mol. The van der Waals surface area contributed by atoms with E-state index in [1.165, 1.54) is 6.33 Å². The zero-order chi connectivity index (χ0) is 20.0. The Bertz CT molecular complexity index is 750. The number of nitrogens with two attached hydrogens (primary N) is 1. The molecule has 0 bridgehead atoms. The second kappa shape index (κ2) is 9.70. The minimum absolute atomic E-state index is 0.280. The maximum absolute atomic E-state index is 10.5. The van der Waals surface area contributed by atoms with Crippen molar-refractivity contribution in [3.8, 4) is 0 Å². The second-order valence-corrected chi connectivity index (χ2v) is 7.21. The van der Waals surface area contributed by atoms with E-state index in [9.17, 15) is 10.2 Å². The Labute approximate surface area is 164 Å². The Kier molecular flexibility index (Phi) is 7.61.